The molecule has 6 rings (SSSR count). The molecule has 1 N–H and O–H groups in total. The van der Waals surface area contributed by atoms with Gasteiger partial charge < -0.3 is 15.0 Å². The van der Waals surface area contributed by atoms with E-state index >= 15 is 0 Å². The summed E-state index contributed by atoms with van der Waals surface area (Å²) in [5, 5.41) is 2.96. The van der Waals surface area contributed by atoms with Gasteiger partial charge >= 0.3 is 0 Å². The number of amides is 2. The van der Waals surface area contributed by atoms with Crippen LogP contribution in [0.25, 0.3) is 0 Å². The number of hydrogen-bond acceptors (Lipinski definition) is 5. The van der Waals surface area contributed by atoms with Gasteiger partial charge in [0.1, 0.15) is 18.3 Å². The number of nitrogens with zero attached hydrogens (tertiary/aromatic N) is 2. The van der Waals surface area contributed by atoms with Crippen molar-refractivity contribution in [2.24, 2.45) is 23.7 Å². The topological polar surface area (TPSA) is 96.0 Å². The predicted octanol–water partition coefficient (Wildman–Crippen LogP) is 5.51. The van der Waals surface area contributed by atoms with Crippen LogP contribution >= 0.6 is 0 Å². The van der Waals surface area contributed by atoms with Crippen LogP contribution in [0.15, 0.2) is 48.5 Å². The Balaban J connectivity index is 1.39. The highest BCUT2D eigenvalue weighted by Gasteiger charge is 2.51. The summed E-state index contributed by atoms with van der Waals surface area (Å²) in [5.41, 5.74) is 2.79. The molecule has 4 bridgehead atoms. The lowest BCUT2D eigenvalue weighted by Crippen LogP contribution is -2.52. The van der Waals surface area contributed by atoms with Gasteiger partial charge in [-0.05, 0) is 109 Å². The molecule has 0 saturated heterocycles. The quantitative estimate of drug-likeness (QED) is 0.318. The highest BCUT2D eigenvalue weighted by atomic mass is 32.2. The molecule has 4 aliphatic carbocycles. The number of rotatable bonds is 13. The van der Waals surface area contributed by atoms with Crippen molar-refractivity contribution in [3.63, 3.8) is 0 Å². The molecule has 0 heterocycles. The summed E-state index contributed by atoms with van der Waals surface area (Å²) in [5.74, 6) is 2.71. The summed E-state index contributed by atoms with van der Waals surface area (Å²) in [6.07, 6.45) is 9.30. The molecule has 44 heavy (non-hydrogen) atoms. The fourth-order valence-electron chi connectivity index (χ4n) is 8.33. The van der Waals surface area contributed by atoms with Gasteiger partial charge in [-0.1, -0.05) is 45.0 Å². The lowest BCUT2D eigenvalue weighted by Gasteiger charge is -2.57. The molecule has 0 aliphatic heterocycles. The van der Waals surface area contributed by atoms with E-state index in [0.29, 0.717) is 24.4 Å². The van der Waals surface area contributed by atoms with Gasteiger partial charge in [0.15, 0.2) is 0 Å². The fraction of sp³-hybridized carbons (Fsp3) is 0.600. The zero-order chi connectivity index (χ0) is 31.6. The van der Waals surface area contributed by atoms with E-state index in [4.69, 9.17) is 4.74 Å². The van der Waals surface area contributed by atoms with Gasteiger partial charge in [0.2, 0.25) is 21.8 Å². The summed E-state index contributed by atoms with van der Waals surface area (Å²) in [6.45, 7) is 6.16. The minimum atomic E-state index is -3.79. The van der Waals surface area contributed by atoms with Crippen LogP contribution in [0.2, 0.25) is 0 Å². The number of carbonyl (C=O) groups excluding carboxylic acids is 2. The average molecular weight is 624 g/mol. The number of anilines is 1. The Labute approximate surface area is 263 Å². The van der Waals surface area contributed by atoms with Gasteiger partial charge in [-0.2, -0.15) is 0 Å². The number of hydrogen-bond donors (Lipinski definition) is 1. The van der Waals surface area contributed by atoms with Crippen LogP contribution in [0.3, 0.4) is 0 Å². The Morgan fingerprint density at radius 2 is 1.52 bits per heavy atom. The molecule has 2 amide bonds. The van der Waals surface area contributed by atoms with Gasteiger partial charge in [0.05, 0.1) is 19.1 Å². The maximum atomic E-state index is 14.1. The third kappa shape index (κ3) is 7.08. The van der Waals surface area contributed by atoms with Crippen molar-refractivity contribution >= 4 is 27.5 Å². The molecular formula is C35H49N3O5S. The number of methoxy groups -OCH3 is 1. The van der Waals surface area contributed by atoms with E-state index < -0.39 is 22.0 Å². The van der Waals surface area contributed by atoms with E-state index in [9.17, 15) is 18.0 Å². The molecule has 4 fully saturated rings. The van der Waals surface area contributed by atoms with Crippen LogP contribution in [-0.4, -0.2) is 57.6 Å². The second kappa shape index (κ2) is 13.1. The van der Waals surface area contributed by atoms with Gasteiger partial charge in [-0.3, -0.25) is 13.9 Å². The van der Waals surface area contributed by atoms with Gasteiger partial charge in [-0.15, -0.1) is 0 Å². The largest absolute Gasteiger partial charge is 0.497 e. The molecule has 9 heteroatoms. The first-order valence-electron chi connectivity index (χ1n) is 16.2. The molecule has 2 aromatic carbocycles. The number of sulfonamides is 1. The maximum Gasteiger partial charge on any atom is 0.244 e. The monoisotopic (exact) mass is 623 g/mol. The van der Waals surface area contributed by atoms with Crippen LogP contribution in [-0.2, 0) is 31.6 Å². The first-order valence-corrected chi connectivity index (χ1v) is 18.0. The molecule has 1 atom stereocenters. The van der Waals surface area contributed by atoms with Crippen LogP contribution < -0.4 is 14.4 Å². The summed E-state index contributed by atoms with van der Waals surface area (Å²) in [4.78, 5) is 28.9. The van der Waals surface area contributed by atoms with E-state index in [2.05, 4.69) is 17.4 Å². The summed E-state index contributed by atoms with van der Waals surface area (Å²) in [6, 6.07) is 14.5. The smallest absolute Gasteiger partial charge is 0.244 e. The Hall–Kier alpha value is -3.07. The molecule has 0 spiro atoms. The van der Waals surface area contributed by atoms with Crippen molar-refractivity contribution in [2.45, 2.75) is 83.7 Å². The molecule has 8 nitrogen and oxygen atoms in total. The average Bonchev–Trinajstić information content (AvgIpc) is 2.97. The van der Waals surface area contributed by atoms with Crippen molar-refractivity contribution in [1.82, 2.24) is 10.2 Å². The van der Waals surface area contributed by atoms with E-state index in [0.717, 1.165) is 29.6 Å². The summed E-state index contributed by atoms with van der Waals surface area (Å²) in [7, 11) is -2.20. The van der Waals surface area contributed by atoms with E-state index in [1.807, 2.05) is 57.2 Å². The van der Waals surface area contributed by atoms with Crippen molar-refractivity contribution in [2.75, 3.05) is 30.8 Å². The van der Waals surface area contributed by atoms with Gasteiger partial charge in [0.25, 0.3) is 0 Å². The number of ether oxygens (including phenoxy) is 1. The minimum Gasteiger partial charge on any atom is -0.497 e. The first kappa shape index (κ1) is 32.3. The lowest BCUT2D eigenvalue weighted by molar-refractivity contribution is -0.140. The SMILES string of the molecule is CC[C@H](C(=O)NCC(C)C)N(Cc1ccc(OC)cc1)C(=O)CN(c1ccc(C23CC4CC(CC(C4)C2)C3)cc1)S(C)(=O)=O. The molecule has 4 aliphatic rings. The summed E-state index contributed by atoms with van der Waals surface area (Å²) < 4.78 is 32.7. The highest BCUT2D eigenvalue weighted by Crippen LogP contribution is 2.60. The zero-order valence-electron chi connectivity index (χ0n) is 26.9. The first-order chi connectivity index (χ1) is 20.9. The standard InChI is InChI=1S/C35H49N3O5S/c1-6-32(34(40)36-21-24(2)3)37(22-25-7-13-31(43-4)14-8-25)33(39)23-38(44(5,41)42)30-11-9-29(10-12-30)35-18-26-15-27(19-35)17-28(16-26)20-35/h7-14,24,26-28,32H,6,15-23H2,1-5H3,(H,36,40)/t26?,27?,28?,32-,35?/m1/s1. The Morgan fingerprint density at radius 3 is 2.00 bits per heavy atom. The van der Waals surface area contributed by atoms with Crippen molar-refractivity contribution < 1.29 is 22.7 Å². The minimum absolute atomic E-state index is 0.166. The third-order valence-electron chi connectivity index (χ3n) is 10.1. The molecular weight excluding hydrogens is 574 g/mol. The van der Waals surface area contributed by atoms with Crippen LogP contribution in [0.5, 0.6) is 5.75 Å². The molecule has 240 valence electrons. The summed E-state index contributed by atoms with van der Waals surface area (Å²) >= 11 is 0. The maximum absolute atomic E-state index is 14.1. The molecule has 0 aromatic heterocycles. The Kier molecular flexibility index (Phi) is 9.64. The van der Waals surface area contributed by atoms with Crippen LogP contribution in [0.1, 0.15) is 76.8 Å². The predicted molar refractivity (Wildman–Crippen MR) is 174 cm³/mol. The Bertz CT molecular complexity index is 1390. The lowest BCUT2D eigenvalue weighted by atomic mass is 9.48. The van der Waals surface area contributed by atoms with E-state index in [-0.39, 0.29) is 30.3 Å². The van der Waals surface area contributed by atoms with Gasteiger partial charge in [-0.25, -0.2) is 8.42 Å². The van der Waals surface area contributed by atoms with Crippen LogP contribution in [0, 0.1) is 23.7 Å². The fourth-order valence-corrected chi connectivity index (χ4v) is 9.18. The van der Waals surface area contributed by atoms with Crippen molar-refractivity contribution in [3.8, 4) is 5.75 Å². The van der Waals surface area contributed by atoms with Crippen LogP contribution in [0.4, 0.5) is 5.69 Å². The van der Waals surface area contributed by atoms with Gasteiger partial charge in [0, 0.05) is 13.1 Å². The zero-order valence-corrected chi connectivity index (χ0v) is 27.7. The van der Waals surface area contributed by atoms with Crippen molar-refractivity contribution in [1.29, 1.82) is 0 Å². The number of nitrogens with one attached hydrogen (secondary N) is 1. The number of carbonyl (C=O) groups is 2. The second-order valence-electron chi connectivity index (χ2n) is 13.9. The van der Waals surface area contributed by atoms with Crippen molar-refractivity contribution in [3.05, 3.63) is 59.7 Å². The molecule has 4 saturated carbocycles. The Morgan fingerprint density at radius 1 is 0.955 bits per heavy atom. The van der Waals surface area contributed by atoms with E-state index in [1.165, 1.54) is 53.3 Å². The normalized spacial score (nSPS) is 24.6. The highest BCUT2D eigenvalue weighted by molar-refractivity contribution is 7.92. The molecule has 2 aromatic rings. The van der Waals surface area contributed by atoms with E-state index in [1.54, 1.807) is 7.11 Å². The third-order valence-corrected chi connectivity index (χ3v) is 11.2. The molecule has 0 unspecified atom stereocenters. The number of benzene rings is 2. The second-order valence-corrected chi connectivity index (χ2v) is 15.9. The molecule has 0 radical (unpaired) electrons.